The predicted molar refractivity (Wildman–Crippen MR) is 59.7 cm³/mol. The Kier molecular flexibility index (Phi) is 2.88. The second-order valence-corrected chi connectivity index (χ2v) is 3.81. The summed E-state index contributed by atoms with van der Waals surface area (Å²) < 4.78 is 0.783. The number of aromatic nitrogens is 1. The van der Waals surface area contributed by atoms with Crippen molar-refractivity contribution in [2.24, 2.45) is 0 Å². The molecule has 0 aliphatic heterocycles. The van der Waals surface area contributed by atoms with E-state index < -0.39 is 0 Å². The molecule has 0 unspecified atom stereocenters. The maximum absolute atomic E-state index is 10.8. The molecule has 0 spiro atoms. The molecule has 0 bridgehead atoms. The molecule has 2 rings (SSSR count). The summed E-state index contributed by atoms with van der Waals surface area (Å²) in [4.78, 5) is 0. The van der Waals surface area contributed by atoms with Crippen LogP contribution < -0.4 is 4.73 Å². The number of pyridine rings is 1. The second-order valence-electron chi connectivity index (χ2n) is 3.37. The Morgan fingerprint density at radius 3 is 2.07 bits per heavy atom. The SMILES string of the molecule is [O-][n+]1ccc(Cc2ccc(Cl)cc2)cc1. The third-order valence-corrected chi connectivity index (χ3v) is 2.44. The summed E-state index contributed by atoms with van der Waals surface area (Å²) in [6, 6.07) is 11.4. The van der Waals surface area contributed by atoms with Gasteiger partial charge in [-0.05, 0) is 29.7 Å². The van der Waals surface area contributed by atoms with Gasteiger partial charge in [0.2, 0.25) is 0 Å². The van der Waals surface area contributed by atoms with Gasteiger partial charge in [0.15, 0.2) is 12.4 Å². The summed E-state index contributed by atoms with van der Waals surface area (Å²) in [6.45, 7) is 0. The van der Waals surface area contributed by atoms with Crippen LogP contribution in [0.2, 0.25) is 5.02 Å². The van der Waals surface area contributed by atoms with Gasteiger partial charge >= 0.3 is 0 Å². The van der Waals surface area contributed by atoms with Crippen LogP contribution in [0.3, 0.4) is 0 Å². The van der Waals surface area contributed by atoms with Crippen LogP contribution in [0.25, 0.3) is 0 Å². The van der Waals surface area contributed by atoms with E-state index in [0.717, 1.165) is 21.7 Å². The molecule has 0 atom stereocenters. The van der Waals surface area contributed by atoms with Gasteiger partial charge < -0.3 is 5.21 Å². The zero-order valence-electron chi connectivity index (χ0n) is 8.06. The van der Waals surface area contributed by atoms with Gasteiger partial charge in [-0.1, -0.05) is 23.7 Å². The molecule has 0 N–H and O–H groups in total. The fourth-order valence-corrected chi connectivity index (χ4v) is 1.53. The number of rotatable bonds is 2. The van der Waals surface area contributed by atoms with Gasteiger partial charge in [0, 0.05) is 17.2 Å². The molecule has 0 fully saturated rings. The van der Waals surface area contributed by atoms with E-state index in [9.17, 15) is 5.21 Å². The number of hydrogen-bond donors (Lipinski definition) is 0. The average molecular weight is 220 g/mol. The lowest BCUT2D eigenvalue weighted by Crippen LogP contribution is -2.23. The molecule has 0 aliphatic rings. The first-order chi connectivity index (χ1) is 7.24. The summed E-state index contributed by atoms with van der Waals surface area (Å²) in [5, 5.41) is 11.6. The van der Waals surface area contributed by atoms with Crippen molar-refractivity contribution in [3.05, 3.63) is 70.1 Å². The zero-order valence-corrected chi connectivity index (χ0v) is 8.82. The Labute approximate surface area is 93.3 Å². The minimum absolute atomic E-state index is 0.740. The van der Waals surface area contributed by atoms with E-state index in [2.05, 4.69) is 0 Å². The van der Waals surface area contributed by atoms with Gasteiger partial charge in [-0.25, -0.2) is 0 Å². The molecule has 15 heavy (non-hydrogen) atoms. The number of nitrogens with zero attached hydrogens (tertiary/aromatic N) is 1. The van der Waals surface area contributed by atoms with Crippen molar-refractivity contribution in [3.63, 3.8) is 0 Å². The number of hydrogen-bond acceptors (Lipinski definition) is 1. The van der Waals surface area contributed by atoms with E-state index in [1.807, 2.05) is 36.4 Å². The van der Waals surface area contributed by atoms with Crippen molar-refractivity contribution in [1.29, 1.82) is 0 Å². The van der Waals surface area contributed by atoms with Crippen molar-refractivity contribution < 1.29 is 4.73 Å². The summed E-state index contributed by atoms with van der Waals surface area (Å²) in [6.07, 6.45) is 3.83. The molecule has 2 nitrogen and oxygen atoms in total. The molecular formula is C12H10ClNO. The first kappa shape index (κ1) is 9.99. The Balaban J connectivity index is 2.15. The van der Waals surface area contributed by atoms with Crippen molar-refractivity contribution in [3.8, 4) is 0 Å². The lowest BCUT2D eigenvalue weighted by molar-refractivity contribution is -0.605. The quantitative estimate of drug-likeness (QED) is 0.563. The van der Waals surface area contributed by atoms with Crippen LogP contribution in [0.15, 0.2) is 48.8 Å². The molecule has 3 heteroatoms. The smallest absolute Gasteiger partial charge is 0.180 e. The van der Waals surface area contributed by atoms with Gasteiger partial charge in [0.1, 0.15) is 0 Å². The lowest BCUT2D eigenvalue weighted by atomic mass is 10.1. The molecule has 1 aromatic heterocycles. The van der Waals surface area contributed by atoms with Gasteiger partial charge in [-0.15, -0.1) is 0 Å². The molecule has 76 valence electrons. The largest absolute Gasteiger partial charge is 0.619 e. The highest BCUT2D eigenvalue weighted by molar-refractivity contribution is 6.30. The molecule has 0 aliphatic carbocycles. The highest BCUT2D eigenvalue weighted by atomic mass is 35.5. The van der Waals surface area contributed by atoms with E-state index in [0.29, 0.717) is 0 Å². The topological polar surface area (TPSA) is 26.9 Å². The molecule has 0 saturated carbocycles. The molecule has 0 radical (unpaired) electrons. The summed E-state index contributed by atoms with van der Waals surface area (Å²) in [5.41, 5.74) is 2.30. The summed E-state index contributed by atoms with van der Waals surface area (Å²) in [7, 11) is 0. The van der Waals surface area contributed by atoms with Crippen LogP contribution in [0, 0.1) is 5.21 Å². The van der Waals surface area contributed by atoms with Crippen LogP contribution in [-0.2, 0) is 6.42 Å². The second kappa shape index (κ2) is 4.32. The van der Waals surface area contributed by atoms with Gasteiger partial charge in [0.05, 0.1) is 0 Å². The molecule has 0 amide bonds. The van der Waals surface area contributed by atoms with Crippen molar-refractivity contribution in [2.45, 2.75) is 6.42 Å². The minimum Gasteiger partial charge on any atom is -0.619 e. The van der Waals surface area contributed by atoms with E-state index in [1.165, 1.54) is 18.0 Å². The third kappa shape index (κ3) is 2.70. The van der Waals surface area contributed by atoms with Crippen LogP contribution in [-0.4, -0.2) is 0 Å². The van der Waals surface area contributed by atoms with Crippen molar-refractivity contribution >= 4 is 11.6 Å². The number of benzene rings is 1. The van der Waals surface area contributed by atoms with Crippen molar-refractivity contribution in [2.75, 3.05) is 0 Å². The summed E-state index contributed by atoms with van der Waals surface area (Å²) in [5.74, 6) is 0. The average Bonchev–Trinajstić information content (AvgIpc) is 2.25. The molecule has 1 heterocycles. The zero-order chi connectivity index (χ0) is 10.7. The van der Waals surface area contributed by atoms with E-state index in [1.54, 1.807) is 0 Å². The van der Waals surface area contributed by atoms with Crippen LogP contribution in [0.5, 0.6) is 0 Å². The maximum Gasteiger partial charge on any atom is 0.180 e. The van der Waals surface area contributed by atoms with Crippen LogP contribution >= 0.6 is 11.6 Å². The highest BCUT2D eigenvalue weighted by Gasteiger charge is 1.97. The lowest BCUT2D eigenvalue weighted by Gasteiger charge is -2.01. The monoisotopic (exact) mass is 219 g/mol. The number of halogens is 1. The normalized spacial score (nSPS) is 10.2. The first-order valence-electron chi connectivity index (χ1n) is 4.66. The van der Waals surface area contributed by atoms with Crippen molar-refractivity contribution in [1.82, 2.24) is 0 Å². The fraction of sp³-hybridized carbons (Fsp3) is 0.0833. The van der Waals surface area contributed by atoms with Gasteiger partial charge in [-0.3, -0.25) is 0 Å². The van der Waals surface area contributed by atoms with Crippen LogP contribution in [0.4, 0.5) is 0 Å². The third-order valence-electron chi connectivity index (χ3n) is 2.19. The fourth-order valence-electron chi connectivity index (χ4n) is 1.40. The van der Waals surface area contributed by atoms with E-state index in [-0.39, 0.29) is 0 Å². The van der Waals surface area contributed by atoms with Crippen LogP contribution in [0.1, 0.15) is 11.1 Å². The maximum atomic E-state index is 10.8. The predicted octanol–water partition coefficient (Wildman–Crippen LogP) is 2.56. The Hall–Kier alpha value is -1.54. The van der Waals surface area contributed by atoms with E-state index >= 15 is 0 Å². The summed E-state index contributed by atoms with van der Waals surface area (Å²) >= 11 is 5.79. The van der Waals surface area contributed by atoms with E-state index in [4.69, 9.17) is 11.6 Å². The Morgan fingerprint density at radius 1 is 0.933 bits per heavy atom. The Morgan fingerprint density at radius 2 is 1.47 bits per heavy atom. The standard InChI is InChI=1S/C12H10ClNO/c13-12-3-1-10(2-4-12)9-11-5-7-14(15)8-6-11/h1-8H,9H2. The minimum atomic E-state index is 0.740. The van der Waals surface area contributed by atoms with Gasteiger partial charge in [-0.2, -0.15) is 4.73 Å². The highest BCUT2D eigenvalue weighted by Crippen LogP contribution is 2.12. The first-order valence-corrected chi connectivity index (χ1v) is 5.04. The molecule has 1 aromatic carbocycles. The molecule has 0 saturated heterocycles. The molecule has 2 aromatic rings. The molecular weight excluding hydrogens is 210 g/mol. The van der Waals surface area contributed by atoms with Gasteiger partial charge in [0.25, 0.3) is 0 Å². The Bertz CT molecular complexity index is 393.